The van der Waals surface area contributed by atoms with Crippen LogP contribution >= 0.6 is 11.6 Å². The van der Waals surface area contributed by atoms with Gasteiger partial charge in [0.25, 0.3) is 0 Å². The molecule has 0 aromatic heterocycles. The zero-order valence-electron chi connectivity index (χ0n) is 16.7. The van der Waals surface area contributed by atoms with Crippen LogP contribution < -0.4 is 15.4 Å². The van der Waals surface area contributed by atoms with E-state index in [1.54, 1.807) is 0 Å². The molecule has 0 aliphatic carbocycles. The first-order chi connectivity index (χ1) is 12.9. The molecule has 1 heterocycles. The summed E-state index contributed by atoms with van der Waals surface area (Å²) in [6, 6.07) is 7.64. The van der Waals surface area contributed by atoms with Gasteiger partial charge in [-0.2, -0.15) is 0 Å². The normalized spacial score (nSPS) is 18.5. The number of carbonyl (C=O) groups excluding carboxylic acids is 1. The van der Waals surface area contributed by atoms with Crippen molar-refractivity contribution in [2.45, 2.75) is 46.3 Å². The van der Waals surface area contributed by atoms with Gasteiger partial charge in [0, 0.05) is 31.6 Å². The second-order valence-corrected chi connectivity index (χ2v) is 7.55. The first kappa shape index (κ1) is 21.4. The second-order valence-electron chi connectivity index (χ2n) is 7.15. The highest BCUT2D eigenvalue weighted by atomic mass is 35.5. The lowest BCUT2D eigenvalue weighted by atomic mass is 10.2. The number of carbonyl (C=O) groups is 1. The van der Waals surface area contributed by atoms with Crippen molar-refractivity contribution in [3.05, 3.63) is 29.3 Å². The number of para-hydroxylation sites is 1. The molecule has 1 amide bonds. The predicted molar refractivity (Wildman–Crippen MR) is 110 cm³/mol. The fourth-order valence-corrected chi connectivity index (χ4v) is 3.15. The van der Waals surface area contributed by atoms with Gasteiger partial charge in [-0.3, -0.25) is 4.79 Å². The summed E-state index contributed by atoms with van der Waals surface area (Å²) in [6.45, 7) is 10.7. The number of rotatable bonds is 7. The number of halogens is 1. The monoisotopic (exact) mass is 394 g/mol. The third-order valence-corrected chi connectivity index (χ3v) is 4.66. The second kappa shape index (κ2) is 10.4. The Labute approximate surface area is 167 Å². The van der Waals surface area contributed by atoms with E-state index in [1.165, 1.54) is 0 Å². The first-order valence-electron chi connectivity index (χ1n) is 9.65. The predicted octanol–water partition coefficient (Wildman–Crippen LogP) is 2.92. The summed E-state index contributed by atoms with van der Waals surface area (Å²) in [6.07, 6.45) is 0.817. The van der Waals surface area contributed by atoms with Crippen molar-refractivity contribution < 1.29 is 9.53 Å². The zero-order chi connectivity index (χ0) is 19.8. The molecular formula is C20H31ClN4O2. The minimum absolute atomic E-state index is 0.0356. The van der Waals surface area contributed by atoms with Crippen LogP contribution in [0.15, 0.2) is 29.3 Å². The van der Waals surface area contributed by atoms with Crippen LogP contribution in [0, 0.1) is 5.92 Å². The molecule has 1 fully saturated rings. The summed E-state index contributed by atoms with van der Waals surface area (Å²) in [4.78, 5) is 18.7. The van der Waals surface area contributed by atoms with Crippen molar-refractivity contribution in [3.8, 4) is 5.75 Å². The summed E-state index contributed by atoms with van der Waals surface area (Å²) in [5.41, 5.74) is 0. The average molecular weight is 395 g/mol. The summed E-state index contributed by atoms with van der Waals surface area (Å²) < 4.78 is 5.87. The number of hydrogen-bond acceptors (Lipinski definition) is 3. The Bertz CT molecular complexity index is 651. The number of aliphatic imine (C=N–C) groups is 1. The van der Waals surface area contributed by atoms with Gasteiger partial charge in [0.05, 0.1) is 11.6 Å². The van der Waals surface area contributed by atoms with Crippen molar-refractivity contribution >= 4 is 23.5 Å². The van der Waals surface area contributed by atoms with Crippen LogP contribution in [0.5, 0.6) is 5.75 Å². The maximum Gasteiger partial charge on any atom is 0.225 e. The van der Waals surface area contributed by atoms with Crippen LogP contribution in [0.1, 0.15) is 34.1 Å². The molecule has 150 valence electrons. The maximum absolute atomic E-state index is 12.1. The number of benzene rings is 1. The summed E-state index contributed by atoms with van der Waals surface area (Å²) >= 11 is 6.14. The fraction of sp³-hybridized carbons (Fsp3) is 0.600. The average Bonchev–Trinajstić information content (AvgIpc) is 3.09. The first-order valence-corrected chi connectivity index (χ1v) is 10.0. The van der Waals surface area contributed by atoms with Crippen LogP contribution in [0.4, 0.5) is 0 Å². The van der Waals surface area contributed by atoms with E-state index in [2.05, 4.69) is 15.6 Å². The Morgan fingerprint density at radius 1 is 1.37 bits per heavy atom. The van der Waals surface area contributed by atoms with E-state index in [9.17, 15) is 4.79 Å². The molecular weight excluding hydrogens is 364 g/mol. The highest BCUT2D eigenvalue weighted by Gasteiger charge is 2.28. The molecule has 1 aliphatic rings. The van der Waals surface area contributed by atoms with E-state index in [-0.39, 0.29) is 24.0 Å². The number of likely N-dealkylation sites (tertiary alicyclic amines) is 1. The third kappa shape index (κ3) is 6.61. The topological polar surface area (TPSA) is 66.0 Å². The molecule has 2 rings (SSSR count). The van der Waals surface area contributed by atoms with Crippen molar-refractivity contribution in [3.63, 3.8) is 0 Å². The minimum atomic E-state index is -0.108. The highest BCUT2D eigenvalue weighted by molar-refractivity contribution is 6.32. The molecule has 2 atom stereocenters. The molecule has 1 aromatic rings. The number of amides is 1. The van der Waals surface area contributed by atoms with Crippen LogP contribution in [-0.4, -0.2) is 55.1 Å². The quantitative estimate of drug-likeness (QED) is 0.551. The van der Waals surface area contributed by atoms with E-state index in [0.29, 0.717) is 23.9 Å². The SMILES string of the molecule is CCNC(=NCC(C)Oc1ccccc1Cl)NC1CCN(C(=O)C(C)C)C1. The minimum Gasteiger partial charge on any atom is -0.487 e. The maximum atomic E-state index is 12.1. The molecule has 0 bridgehead atoms. The van der Waals surface area contributed by atoms with Gasteiger partial charge < -0.3 is 20.3 Å². The third-order valence-electron chi connectivity index (χ3n) is 4.35. The summed E-state index contributed by atoms with van der Waals surface area (Å²) in [7, 11) is 0. The molecule has 0 spiro atoms. The smallest absolute Gasteiger partial charge is 0.225 e. The molecule has 0 radical (unpaired) electrons. The standard InChI is InChI=1S/C20H31ClN4O2/c1-5-22-20(24-16-10-11-25(13-16)19(26)14(2)3)23-12-15(4)27-18-9-7-6-8-17(18)21/h6-9,14-16H,5,10-13H2,1-4H3,(H2,22,23,24). The number of guanidine groups is 1. The molecule has 6 nitrogen and oxygen atoms in total. The largest absolute Gasteiger partial charge is 0.487 e. The Balaban J connectivity index is 1.88. The highest BCUT2D eigenvalue weighted by Crippen LogP contribution is 2.24. The number of hydrogen-bond donors (Lipinski definition) is 2. The zero-order valence-corrected chi connectivity index (χ0v) is 17.4. The van der Waals surface area contributed by atoms with Gasteiger partial charge >= 0.3 is 0 Å². The van der Waals surface area contributed by atoms with E-state index in [1.807, 2.05) is 56.9 Å². The number of nitrogens with one attached hydrogen (secondary N) is 2. The van der Waals surface area contributed by atoms with Crippen LogP contribution in [0.2, 0.25) is 5.02 Å². The summed E-state index contributed by atoms with van der Waals surface area (Å²) in [5, 5.41) is 7.29. The molecule has 7 heteroatoms. The van der Waals surface area contributed by atoms with Gasteiger partial charge in [0.1, 0.15) is 11.9 Å². The van der Waals surface area contributed by atoms with Gasteiger partial charge in [0.2, 0.25) is 5.91 Å². The molecule has 0 saturated carbocycles. The lowest BCUT2D eigenvalue weighted by molar-refractivity contribution is -0.133. The van der Waals surface area contributed by atoms with Gasteiger partial charge in [-0.15, -0.1) is 0 Å². The van der Waals surface area contributed by atoms with Crippen LogP contribution in [0.25, 0.3) is 0 Å². The van der Waals surface area contributed by atoms with E-state index in [0.717, 1.165) is 25.5 Å². The van der Waals surface area contributed by atoms with Gasteiger partial charge in [-0.05, 0) is 32.4 Å². The van der Waals surface area contributed by atoms with Gasteiger partial charge in [-0.25, -0.2) is 4.99 Å². The Hall–Kier alpha value is -1.95. The van der Waals surface area contributed by atoms with Crippen LogP contribution in [-0.2, 0) is 4.79 Å². The number of nitrogens with zero attached hydrogens (tertiary/aromatic N) is 2. The molecule has 1 saturated heterocycles. The van der Waals surface area contributed by atoms with Gasteiger partial charge in [0.15, 0.2) is 5.96 Å². The van der Waals surface area contributed by atoms with E-state index in [4.69, 9.17) is 16.3 Å². The molecule has 1 aromatic carbocycles. The molecule has 2 N–H and O–H groups in total. The van der Waals surface area contributed by atoms with Crippen molar-refractivity contribution in [1.29, 1.82) is 0 Å². The Kier molecular flexibility index (Phi) is 8.23. The van der Waals surface area contributed by atoms with Crippen molar-refractivity contribution in [2.75, 3.05) is 26.2 Å². The molecule has 27 heavy (non-hydrogen) atoms. The Morgan fingerprint density at radius 2 is 2.11 bits per heavy atom. The molecule has 2 unspecified atom stereocenters. The van der Waals surface area contributed by atoms with E-state index < -0.39 is 0 Å². The van der Waals surface area contributed by atoms with E-state index >= 15 is 0 Å². The number of ether oxygens (including phenoxy) is 1. The van der Waals surface area contributed by atoms with Crippen LogP contribution in [0.3, 0.4) is 0 Å². The van der Waals surface area contributed by atoms with Crippen molar-refractivity contribution in [2.24, 2.45) is 10.9 Å². The van der Waals surface area contributed by atoms with Crippen molar-refractivity contribution in [1.82, 2.24) is 15.5 Å². The lowest BCUT2D eigenvalue weighted by Gasteiger charge is -2.21. The Morgan fingerprint density at radius 3 is 2.78 bits per heavy atom. The lowest BCUT2D eigenvalue weighted by Crippen LogP contribution is -2.45. The summed E-state index contributed by atoms with van der Waals surface area (Å²) in [5.74, 6) is 1.66. The molecule has 1 aliphatic heterocycles. The fourth-order valence-electron chi connectivity index (χ4n) is 2.97. The van der Waals surface area contributed by atoms with Gasteiger partial charge in [-0.1, -0.05) is 37.6 Å².